The number of ether oxygens (including phenoxy) is 1. The van der Waals surface area contributed by atoms with Gasteiger partial charge in [0.1, 0.15) is 0 Å². The lowest BCUT2D eigenvalue weighted by Crippen LogP contribution is -2.35. The maximum Gasteiger partial charge on any atom is 0.407 e. The van der Waals surface area contributed by atoms with Gasteiger partial charge in [-0.2, -0.15) is 0 Å². The molecule has 1 unspecified atom stereocenters. The van der Waals surface area contributed by atoms with Gasteiger partial charge in [0.05, 0.1) is 6.61 Å². The van der Waals surface area contributed by atoms with Gasteiger partial charge in [0, 0.05) is 6.04 Å². The molecule has 1 atom stereocenters. The van der Waals surface area contributed by atoms with Gasteiger partial charge in [0.2, 0.25) is 0 Å². The Kier molecular flexibility index (Phi) is 9.06. The molecule has 0 aliphatic heterocycles. The van der Waals surface area contributed by atoms with E-state index in [0.717, 1.165) is 32.1 Å². The predicted molar refractivity (Wildman–Crippen MR) is 67.5 cm³/mol. The van der Waals surface area contributed by atoms with E-state index in [-0.39, 0.29) is 12.1 Å². The number of carbonyl (C=O) groups is 1. The van der Waals surface area contributed by atoms with Crippen molar-refractivity contribution in [1.82, 2.24) is 5.32 Å². The molecule has 0 spiro atoms. The summed E-state index contributed by atoms with van der Waals surface area (Å²) in [6.45, 7) is 9.11. The Bertz CT molecular complexity index is 181. The van der Waals surface area contributed by atoms with Crippen molar-refractivity contribution in [2.75, 3.05) is 6.61 Å². The van der Waals surface area contributed by atoms with E-state index in [9.17, 15) is 4.79 Å². The van der Waals surface area contributed by atoms with Crippen LogP contribution in [0.5, 0.6) is 0 Å². The van der Waals surface area contributed by atoms with E-state index in [1.807, 2.05) is 0 Å². The van der Waals surface area contributed by atoms with Gasteiger partial charge >= 0.3 is 6.09 Å². The highest BCUT2D eigenvalue weighted by Gasteiger charge is 2.11. The average molecular weight is 229 g/mol. The van der Waals surface area contributed by atoms with Crippen molar-refractivity contribution >= 4 is 6.09 Å². The molecule has 0 aromatic carbocycles. The largest absolute Gasteiger partial charge is 0.450 e. The molecule has 0 radical (unpaired) electrons. The maximum atomic E-state index is 11.4. The smallest absolute Gasteiger partial charge is 0.407 e. The first kappa shape index (κ1) is 15.3. The Hall–Kier alpha value is -0.730. The van der Waals surface area contributed by atoms with Crippen molar-refractivity contribution < 1.29 is 9.53 Å². The third kappa shape index (κ3) is 8.57. The standard InChI is InChI=1S/C13H27NO2/c1-5-7-10-16-13(15)14-12(6-2)9-8-11(3)4/h11-12H,5-10H2,1-4H3,(H,14,15). The van der Waals surface area contributed by atoms with Gasteiger partial charge in [-0.3, -0.25) is 0 Å². The summed E-state index contributed by atoms with van der Waals surface area (Å²) >= 11 is 0. The molecule has 0 bridgehead atoms. The summed E-state index contributed by atoms with van der Waals surface area (Å²) in [6.07, 6.45) is 4.89. The van der Waals surface area contributed by atoms with Crippen LogP contribution in [0.3, 0.4) is 0 Å². The summed E-state index contributed by atoms with van der Waals surface area (Å²) in [7, 11) is 0. The lowest BCUT2D eigenvalue weighted by atomic mass is 10.0. The topological polar surface area (TPSA) is 38.3 Å². The minimum Gasteiger partial charge on any atom is -0.450 e. The number of carbonyl (C=O) groups excluding carboxylic acids is 1. The fourth-order valence-electron chi connectivity index (χ4n) is 1.43. The molecule has 0 aliphatic carbocycles. The minimum atomic E-state index is -0.260. The molecule has 0 saturated heterocycles. The first-order chi connectivity index (χ1) is 7.60. The number of unbranched alkanes of at least 4 members (excludes halogenated alkanes) is 1. The Morgan fingerprint density at radius 1 is 1.25 bits per heavy atom. The second-order valence-electron chi connectivity index (χ2n) is 4.71. The van der Waals surface area contributed by atoms with Gasteiger partial charge in [0.15, 0.2) is 0 Å². The van der Waals surface area contributed by atoms with Crippen LogP contribution in [-0.4, -0.2) is 18.7 Å². The molecular formula is C13H27NO2. The van der Waals surface area contributed by atoms with E-state index in [0.29, 0.717) is 12.5 Å². The number of hydrogen-bond donors (Lipinski definition) is 1. The highest BCUT2D eigenvalue weighted by Crippen LogP contribution is 2.09. The van der Waals surface area contributed by atoms with Crippen molar-refractivity contribution in [3.05, 3.63) is 0 Å². The number of nitrogens with one attached hydrogen (secondary N) is 1. The van der Waals surface area contributed by atoms with Crippen LogP contribution in [0.4, 0.5) is 4.79 Å². The molecule has 1 N–H and O–H groups in total. The van der Waals surface area contributed by atoms with Gasteiger partial charge < -0.3 is 10.1 Å². The fourth-order valence-corrected chi connectivity index (χ4v) is 1.43. The third-order valence-corrected chi connectivity index (χ3v) is 2.64. The van der Waals surface area contributed by atoms with E-state index in [1.54, 1.807) is 0 Å². The van der Waals surface area contributed by atoms with Gasteiger partial charge in [0.25, 0.3) is 0 Å². The molecule has 3 nitrogen and oxygen atoms in total. The molecule has 3 heteroatoms. The second-order valence-corrected chi connectivity index (χ2v) is 4.71. The zero-order chi connectivity index (χ0) is 12.4. The summed E-state index contributed by atoms with van der Waals surface area (Å²) in [6, 6.07) is 0.261. The lowest BCUT2D eigenvalue weighted by Gasteiger charge is -2.17. The van der Waals surface area contributed by atoms with E-state index in [2.05, 4.69) is 33.0 Å². The quantitative estimate of drug-likeness (QED) is 0.644. The average Bonchev–Trinajstić information content (AvgIpc) is 2.24. The molecular weight excluding hydrogens is 202 g/mol. The number of rotatable bonds is 8. The summed E-state index contributed by atoms with van der Waals surface area (Å²) in [4.78, 5) is 11.4. The zero-order valence-electron chi connectivity index (χ0n) is 11.2. The van der Waals surface area contributed by atoms with Gasteiger partial charge in [-0.15, -0.1) is 0 Å². The van der Waals surface area contributed by atoms with Crippen molar-refractivity contribution in [3.63, 3.8) is 0 Å². The normalized spacial score (nSPS) is 12.6. The monoisotopic (exact) mass is 229 g/mol. The summed E-state index contributed by atoms with van der Waals surface area (Å²) in [5, 5.41) is 2.92. The van der Waals surface area contributed by atoms with Crippen LogP contribution in [0.25, 0.3) is 0 Å². The highest BCUT2D eigenvalue weighted by atomic mass is 16.5. The number of alkyl carbamates (subject to hydrolysis) is 1. The van der Waals surface area contributed by atoms with E-state index >= 15 is 0 Å². The van der Waals surface area contributed by atoms with E-state index in [4.69, 9.17) is 4.74 Å². The Morgan fingerprint density at radius 2 is 1.94 bits per heavy atom. The van der Waals surface area contributed by atoms with Gasteiger partial charge in [-0.05, 0) is 31.6 Å². The molecule has 0 aliphatic rings. The van der Waals surface area contributed by atoms with Gasteiger partial charge in [-0.1, -0.05) is 34.1 Å². The molecule has 0 fully saturated rings. The Balaban J connectivity index is 3.70. The van der Waals surface area contributed by atoms with Crippen LogP contribution in [-0.2, 0) is 4.74 Å². The summed E-state index contributed by atoms with van der Waals surface area (Å²) < 4.78 is 5.07. The predicted octanol–water partition coefficient (Wildman–Crippen LogP) is 3.73. The van der Waals surface area contributed by atoms with Crippen LogP contribution >= 0.6 is 0 Å². The molecule has 96 valence electrons. The SMILES string of the molecule is CCCCOC(=O)NC(CC)CCC(C)C. The van der Waals surface area contributed by atoms with Crippen molar-refractivity contribution in [1.29, 1.82) is 0 Å². The van der Waals surface area contributed by atoms with Crippen LogP contribution in [0.1, 0.15) is 59.8 Å². The molecule has 0 aromatic rings. The van der Waals surface area contributed by atoms with Crippen LogP contribution in [0.2, 0.25) is 0 Å². The maximum absolute atomic E-state index is 11.4. The van der Waals surface area contributed by atoms with Crippen LogP contribution < -0.4 is 5.32 Å². The first-order valence-electron chi connectivity index (χ1n) is 6.53. The third-order valence-electron chi connectivity index (χ3n) is 2.64. The zero-order valence-corrected chi connectivity index (χ0v) is 11.2. The summed E-state index contributed by atoms with van der Waals surface area (Å²) in [5.41, 5.74) is 0. The minimum absolute atomic E-state index is 0.260. The lowest BCUT2D eigenvalue weighted by molar-refractivity contribution is 0.139. The molecule has 1 amide bonds. The molecule has 0 aromatic heterocycles. The Labute approximate surface area is 99.9 Å². The highest BCUT2D eigenvalue weighted by molar-refractivity contribution is 5.67. The van der Waals surface area contributed by atoms with Crippen LogP contribution in [0, 0.1) is 5.92 Å². The first-order valence-corrected chi connectivity index (χ1v) is 6.53. The Morgan fingerprint density at radius 3 is 2.44 bits per heavy atom. The molecule has 0 saturated carbocycles. The van der Waals surface area contributed by atoms with Crippen molar-refractivity contribution in [2.45, 2.75) is 65.8 Å². The van der Waals surface area contributed by atoms with E-state index in [1.165, 1.54) is 0 Å². The molecule has 0 heterocycles. The molecule has 0 rings (SSSR count). The van der Waals surface area contributed by atoms with Gasteiger partial charge in [-0.25, -0.2) is 4.79 Å². The summed E-state index contributed by atoms with van der Waals surface area (Å²) in [5.74, 6) is 0.687. The molecule has 16 heavy (non-hydrogen) atoms. The van der Waals surface area contributed by atoms with Crippen molar-refractivity contribution in [2.24, 2.45) is 5.92 Å². The van der Waals surface area contributed by atoms with Crippen LogP contribution in [0.15, 0.2) is 0 Å². The number of amides is 1. The van der Waals surface area contributed by atoms with Crippen molar-refractivity contribution in [3.8, 4) is 0 Å². The second kappa shape index (κ2) is 9.49. The van der Waals surface area contributed by atoms with E-state index < -0.39 is 0 Å². The fraction of sp³-hybridized carbons (Fsp3) is 0.923. The number of hydrogen-bond acceptors (Lipinski definition) is 2.